The summed E-state index contributed by atoms with van der Waals surface area (Å²) in [7, 11) is 1.11. The standard InChI is InChI=1S/C14H13F3N2O2/c1-9-3-5-10(6-4-9)8-19-11(13(20)21-2)7-12(18-19)14(15,16)17/h3-7H,8H2,1-2H3. The number of carbonyl (C=O) groups is 1. The third-order valence-electron chi connectivity index (χ3n) is 2.92. The minimum Gasteiger partial charge on any atom is -0.464 e. The first-order valence-corrected chi connectivity index (χ1v) is 6.10. The van der Waals surface area contributed by atoms with E-state index in [9.17, 15) is 18.0 Å². The second-order valence-electron chi connectivity index (χ2n) is 4.55. The summed E-state index contributed by atoms with van der Waals surface area (Å²) in [5.74, 6) is -0.856. The van der Waals surface area contributed by atoms with Crippen molar-refractivity contribution in [1.82, 2.24) is 9.78 Å². The van der Waals surface area contributed by atoms with Gasteiger partial charge in [0.15, 0.2) is 5.69 Å². The smallest absolute Gasteiger partial charge is 0.435 e. The van der Waals surface area contributed by atoms with Gasteiger partial charge in [0.1, 0.15) is 5.69 Å². The molecule has 0 atom stereocenters. The number of methoxy groups -OCH3 is 1. The van der Waals surface area contributed by atoms with Gasteiger partial charge in [-0.15, -0.1) is 0 Å². The van der Waals surface area contributed by atoms with Crippen molar-refractivity contribution in [3.05, 3.63) is 52.8 Å². The number of benzene rings is 1. The maximum atomic E-state index is 12.7. The van der Waals surface area contributed by atoms with Crippen molar-refractivity contribution in [3.63, 3.8) is 0 Å². The van der Waals surface area contributed by atoms with E-state index in [1.165, 1.54) is 0 Å². The summed E-state index contributed by atoms with van der Waals surface area (Å²) >= 11 is 0. The first-order valence-electron chi connectivity index (χ1n) is 6.10. The van der Waals surface area contributed by atoms with Crippen LogP contribution in [0.4, 0.5) is 13.2 Å². The molecule has 112 valence electrons. The fraction of sp³-hybridized carbons (Fsp3) is 0.286. The van der Waals surface area contributed by atoms with Crippen molar-refractivity contribution >= 4 is 5.97 Å². The van der Waals surface area contributed by atoms with Crippen LogP contribution in [0.15, 0.2) is 30.3 Å². The minimum absolute atomic E-state index is 0.0563. The molecule has 1 aromatic heterocycles. The van der Waals surface area contributed by atoms with Crippen molar-refractivity contribution in [2.45, 2.75) is 19.6 Å². The van der Waals surface area contributed by atoms with Gasteiger partial charge >= 0.3 is 12.1 Å². The van der Waals surface area contributed by atoms with E-state index in [1.807, 2.05) is 19.1 Å². The molecule has 2 rings (SSSR count). The predicted molar refractivity (Wildman–Crippen MR) is 68.8 cm³/mol. The first kappa shape index (κ1) is 15.1. The zero-order chi connectivity index (χ0) is 15.6. The van der Waals surface area contributed by atoms with Crippen molar-refractivity contribution in [2.75, 3.05) is 7.11 Å². The Bertz CT molecular complexity index is 645. The van der Waals surface area contributed by atoms with Gasteiger partial charge in [-0.3, -0.25) is 4.68 Å². The fourth-order valence-corrected chi connectivity index (χ4v) is 1.81. The predicted octanol–water partition coefficient (Wildman–Crippen LogP) is 3.05. The molecule has 0 radical (unpaired) electrons. The number of aromatic nitrogens is 2. The molecule has 0 fully saturated rings. The number of halogens is 3. The number of hydrogen-bond donors (Lipinski definition) is 0. The number of alkyl halides is 3. The summed E-state index contributed by atoms with van der Waals surface area (Å²) in [5.41, 5.74) is 0.423. The molecule has 1 aromatic carbocycles. The molecule has 2 aromatic rings. The lowest BCUT2D eigenvalue weighted by Crippen LogP contribution is -2.13. The van der Waals surface area contributed by atoms with Gasteiger partial charge in [0.25, 0.3) is 0 Å². The van der Waals surface area contributed by atoms with Crippen LogP contribution in [-0.2, 0) is 17.5 Å². The molecule has 0 saturated carbocycles. The Hall–Kier alpha value is -2.31. The summed E-state index contributed by atoms with van der Waals surface area (Å²) in [6.45, 7) is 1.96. The summed E-state index contributed by atoms with van der Waals surface area (Å²) in [6.07, 6.45) is -4.61. The Morgan fingerprint density at radius 1 is 1.29 bits per heavy atom. The monoisotopic (exact) mass is 298 g/mol. The quantitative estimate of drug-likeness (QED) is 0.818. The van der Waals surface area contributed by atoms with E-state index >= 15 is 0 Å². The number of nitrogens with zero attached hydrogens (tertiary/aromatic N) is 2. The third kappa shape index (κ3) is 3.42. The molecular formula is C14H13F3N2O2. The fourth-order valence-electron chi connectivity index (χ4n) is 1.81. The second kappa shape index (κ2) is 5.59. The highest BCUT2D eigenvalue weighted by Gasteiger charge is 2.36. The van der Waals surface area contributed by atoms with E-state index < -0.39 is 17.8 Å². The summed E-state index contributed by atoms with van der Waals surface area (Å²) in [5, 5.41) is 3.46. The molecule has 0 amide bonds. The van der Waals surface area contributed by atoms with E-state index in [0.717, 1.165) is 22.9 Å². The van der Waals surface area contributed by atoms with Crippen LogP contribution in [0, 0.1) is 6.92 Å². The molecule has 0 aliphatic rings. The van der Waals surface area contributed by atoms with E-state index in [-0.39, 0.29) is 12.2 Å². The SMILES string of the molecule is COC(=O)c1cc(C(F)(F)F)nn1Cc1ccc(C)cc1. The number of esters is 1. The number of ether oxygens (including phenoxy) is 1. The molecule has 0 saturated heterocycles. The van der Waals surface area contributed by atoms with Gasteiger partial charge in [0.2, 0.25) is 0 Å². The van der Waals surface area contributed by atoms with Crippen molar-refractivity contribution < 1.29 is 22.7 Å². The average molecular weight is 298 g/mol. The van der Waals surface area contributed by atoms with Crippen LogP contribution in [0.5, 0.6) is 0 Å². The van der Waals surface area contributed by atoms with Crippen LogP contribution >= 0.6 is 0 Å². The van der Waals surface area contributed by atoms with Gasteiger partial charge in [-0.05, 0) is 12.5 Å². The van der Waals surface area contributed by atoms with Gasteiger partial charge in [0.05, 0.1) is 13.7 Å². The summed E-state index contributed by atoms with van der Waals surface area (Å²) < 4.78 is 43.6. The summed E-state index contributed by atoms with van der Waals surface area (Å²) in [4.78, 5) is 11.6. The normalized spacial score (nSPS) is 11.5. The molecule has 0 unspecified atom stereocenters. The highest BCUT2D eigenvalue weighted by molar-refractivity contribution is 5.87. The Balaban J connectivity index is 2.38. The number of hydrogen-bond acceptors (Lipinski definition) is 3. The second-order valence-corrected chi connectivity index (χ2v) is 4.55. The first-order chi connectivity index (χ1) is 9.81. The topological polar surface area (TPSA) is 44.1 Å². The minimum atomic E-state index is -4.61. The highest BCUT2D eigenvalue weighted by Crippen LogP contribution is 2.29. The molecular weight excluding hydrogens is 285 g/mol. The molecule has 0 spiro atoms. The number of aryl methyl sites for hydroxylation is 1. The Labute approximate surface area is 119 Å². The number of rotatable bonds is 3. The van der Waals surface area contributed by atoms with Crippen LogP contribution < -0.4 is 0 Å². The molecule has 0 bridgehead atoms. The molecule has 1 heterocycles. The maximum absolute atomic E-state index is 12.7. The van der Waals surface area contributed by atoms with Crippen LogP contribution in [0.25, 0.3) is 0 Å². The lowest BCUT2D eigenvalue weighted by Gasteiger charge is -2.06. The van der Waals surface area contributed by atoms with Crippen molar-refractivity contribution in [2.24, 2.45) is 0 Å². The Morgan fingerprint density at radius 2 is 1.90 bits per heavy atom. The highest BCUT2D eigenvalue weighted by atomic mass is 19.4. The lowest BCUT2D eigenvalue weighted by atomic mass is 10.1. The van der Waals surface area contributed by atoms with Gasteiger partial charge < -0.3 is 4.74 Å². The number of carbonyl (C=O) groups excluding carboxylic acids is 1. The van der Waals surface area contributed by atoms with E-state index in [0.29, 0.717) is 6.07 Å². The van der Waals surface area contributed by atoms with Gasteiger partial charge in [-0.25, -0.2) is 4.79 Å². The molecule has 21 heavy (non-hydrogen) atoms. The van der Waals surface area contributed by atoms with Gasteiger partial charge in [-0.2, -0.15) is 18.3 Å². The maximum Gasteiger partial charge on any atom is 0.435 e. The zero-order valence-electron chi connectivity index (χ0n) is 11.4. The average Bonchev–Trinajstić information content (AvgIpc) is 2.84. The van der Waals surface area contributed by atoms with Crippen LogP contribution in [-0.4, -0.2) is 22.9 Å². The van der Waals surface area contributed by atoms with E-state index in [2.05, 4.69) is 9.84 Å². The Morgan fingerprint density at radius 3 is 2.43 bits per heavy atom. The third-order valence-corrected chi connectivity index (χ3v) is 2.92. The Kier molecular flexibility index (Phi) is 4.02. The van der Waals surface area contributed by atoms with E-state index in [1.54, 1.807) is 12.1 Å². The van der Waals surface area contributed by atoms with Crippen molar-refractivity contribution in [1.29, 1.82) is 0 Å². The molecule has 0 N–H and O–H groups in total. The zero-order valence-corrected chi connectivity index (χ0v) is 11.4. The summed E-state index contributed by atoms with van der Waals surface area (Å²) in [6, 6.07) is 7.90. The van der Waals surface area contributed by atoms with E-state index in [4.69, 9.17) is 0 Å². The van der Waals surface area contributed by atoms with Crippen LogP contribution in [0.3, 0.4) is 0 Å². The van der Waals surface area contributed by atoms with Crippen molar-refractivity contribution in [3.8, 4) is 0 Å². The lowest BCUT2D eigenvalue weighted by molar-refractivity contribution is -0.141. The molecule has 4 nitrogen and oxygen atoms in total. The van der Waals surface area contributed by atoms with Crippen LogP contribution in [0.1, 0.15) is 27.3 Å². The molecule has 0 aliphatic carbocycles. The molecule has 7 heteroatoms. The molecule has 0 aliphatic heterocycles. The van der Waals surface area contributed by atoms with Crippen LogP contribution in [0.2, 0.25) is 0 Å². The largest absolute Gasteiger partial charge is 0.464 e. The van der Waals surface area contributed by atoms with Gasteiger partial charge in [0, 0.05) is 6.07 Å². The van der Waals surface area contributed by atoms with Gasteiger partial charge in [-0.1, -0.05) is 29.8 Å².